The summed E-state index contributed by atoms with van der Waals surface area (Å²) in [4.78, 5) is 0. The molecular weight excluding hydrogens is 376 g/mol. The zero-order valence-corrected chi connectivity index (χ0v) is 22.1. The highest BCUT2D eigenvalue weighted by atomic mass is 16.3. The minimum Gasteiger partial charge on any atom is -0.393 e. The van der Waals surface area contributed by atoms with Crippen LogP contribution in [-0.4, -0.2) is 11.2 Å². The summed E-state index contributed by atoms with van der Waals surface area (Å²) >= 11 is 0. The van der Waals surface area contributed by atoms with E-state index in [9.17, 15) is 5.11 Å². The SMILES string of the molecule is C[C@@H]1[C@H]2[C@H]3CC[C@@H]4[C@@]5(C)C(O)CCC(C)(C)[C@@H]5CC[C@@]4(C)[C@]3(C)CC[C@@]2(C)CC[C@H]1C. The monoisotopic (exact) mass is 428 g/mol. The first-order chi connectivity index (χ1) is 14.3. The maximum atomic E-state index is 11.5. The Bertz CT molecular complexity index is 726. The summed E-state index contributed by atoms with van der Waals surface area (Å²) in [6.07, 6.45) is 13.4. The molecule has 0 aromatic carbocycles. The van der Waals surface area contributed by atoms with Crippen LogP contribution in [0.3, 0.4) is 0 Å². The van der Waals surface area contributed by atoms with Crippen LogP contribution < -0.4 is 0 Å². The Morgan fingerprint density at radius 3 is 2.06 bits per heavy atom. The van der Waals surface area contributed by atoms with E-state index in [2.05, 4.69) is 55.4 Å². The van der Waals surface area contributed by atoms with Crippen LogP contribution in [0.1, 0.15) is 120 Å². The topological polar surface area (TPSA) is 20.2 Å². The van der Waals surface area contributed by atoms with Crippen molar-refractivity contribution >= 4 is 0 Å². The summed E-state index contributed by atoms with van der Waals surface area (Å²) in [5.41, 5.74) is 1.89. The minimum absolute atomic E-state index is 0.0993. The van der Waals surface area contributed by atoms with Gasteiger partial charge in [0, 0.05) is 5.41 Å². The first-order valence-corrected chi connectivity index (χ1v) is 14.0. The molecule has 5 saturated carbocycles. The Kier molecular flexibility index (Phi) is 4.96. The van der Waals surface area contributed by atoms with Crippen molar-refractivity contribution in [3.8, 4) is 0 Å². The molecule has 0 aromatic rings. The lowest BCUT2D eigenvalue weighted by Crippen LogP contribution is -2.68. The van der Waals surface area contributed by atoms with E-state index < -0.39 is 0 Å². The van der Waals surface area contributed by atoms with Gasteiger partial charge in [0.2, 0.25) is 0 Å². The van der Waals surface area contributed by atoms with Crippen molar-refractivity contribution < 1.29 is 5.11 Å². The zero-order chi connectivity index (χ0) is 22.6. The Labute approximate surface area is 193 Å². The summed E-state index contributed by atoms with van der Waals surface area (Å²) in [6, 6.07) is 0. The molecule has 1 unspecified atom stereocenters. The lowest BCUT2D eigenvalue weighted by molar-refractivity contribution is -0.267. The summed E-state index contributed by atoms with van der Waals surface area (Å²) in [5, 5.41) is 11.5. The van der Waals surface area contributed by atoms with Crippen LogP contribution in [0.2, 0.25) is 0 Å². The van der Waals surface area contributed by atoms with Crippen molar-refractivity contribution in [1.29, 1.82) is 0 Å². The van der Waals surface area contributed by atoms with E-state index in [4.69, 9.17) is 0 Å². The molecule has 1 N–H and O–H groups in total. The van der Waals surface area contributed by atoms with E-state index in [1.807, 2.05) is 0 Å². The van der Waals surface area contributed by atoms with Crippen LogP contribution in [0.15, 0.2) is 0 Å². The lowest BCUT2D eigenvalue weighted by Gasteiger charge is -2.74. The highest BCUT2D eigenvalue weighted by Gasteiger charge is 2.70. The van der Waals surface area contributed by atoms with Crippen LogP contribution >= 0.6 is 0 Å². The Hall–Kier alpha value is -0.0400. The van der Waals surface area contributed by atoms with E-state index in [0.717, 1.165) is 30.1 Å². The lowest BCUT2D eigenvalue weighted by atomic mass is 9.31. The van der Waals surface area contributed by atoms with Gasteiger partial charge in [0.15, 0.2) is 0 Å². The average Bonchev–Trinajstić information content (AvgIpc) is 2.69. The van der Waals surface area contributed by atoms with Crippen LogP contribution in [0, 0.1) is 62.6 Å². The van der Waals surface area contributed by atoms with Crippen LogP contribution in [0.5, 0.6) is 0 Å². The number of aliphatic hydroxyl groups is 1. The maximum absolute atomic E-state index is 11.5. The van der Waals surface area contributed by atoms with Crippen molar-refractivity contribution in [3.05, 3.63) is 0 Å². The average molecular weight is 429 g/mol. The molecule has 5 fully saturated rings. The van der Waals surface area contributed by atoms with Gasteiger partial charge in [-0.25, -0.2) is 0 Å². The third kappa shape index (κ3) is 2.71. The minimum atomic E-state index is -0.0993. The molecule has 0 aliphatic heterocycles. The molecule has 1 nitrogen and oxygen atoms in total. The summed E-state index contributed by atoms with van der Waals surface area (Å²) < 4.78 is 0. The normalized spacial score (nSPS) is 60.9. The number of hydrogen-bond donors (Lipinski definition) is 1. The fraction of sp³-hybridized carbons (Fsp3) is 1.00. The molecule has 0 spiro atoms. The molecule has 178 valence electrons. The Morgan fingerprint density at radius 2 is 1.35 bits per heavy atom. The molecule has 0 aromatic heterocycles. The third-order valence-electron chi connectivity index (χ3n) is 13.9. The van der Waals surface area contributed by atoms with Gasteiger partial charge in [-0.2, -0.15) is 0 Å². The van der Waals surface area contributed by atoms with Gasteiger partial charge >= 0.3 is 0 Å². The van der Waals surface area contributed by atoms with Gasteiger partial charge in [0.05, 0.1) is 6.10 Å². The number of hydrogen-bond acceptors (Lipinski definition) is 1. The predicted octanol–water partition coefficient (Wildman–Crippen LogP) is 8.10. The molecule has 0 radical (unpaired) electrons. The van der Waals surface area contributed by atoms with Crippen LogP contribution in [0.4, 0.5) is 0 Å². The van der Waals surface area contributed by atoms with Crippen molar-refractivity contribution in [2.75, 3.05) is 0 Å². The zero-order valence-electron chi connectivity index (χ0n) is 22.1. The molecule has 11 atom stereocenters. The highest BCUT2D eigenvalue weighted by Crippen LogP contribution is 2.76. The van der Waals surface area contributed by atoms with E-state index in [1.165, 1.54) is 57.8 Å². The Morgan fingerprint density at radius 1 is 0.645 bits per heavy atom. The Balaban J connectivity index is 1.56. The molecular formula is C30H52O. The van der Waals surface area contributed by atoms with Gasteiger partial charge in [-0.1, -0.05) is 55.4 Å². The first-order valence-electron chi connectivity index (χ1n) is 14.0. The second-order valence-electron chi connectivity index (χ2n) is 15.1. The van der Waals surface area contributed by atoms with E-state index >= 15 is 0 Å². The standard InChI is InChI=1S/C30H52O/c1-19-11-15-27(5)17-18-28(6)21(25(27)20(19)2)9-10-23-29(28,7)16-12-22-26(3,4)14-13-24(31)30(22,23)8/h19-25,31H,9-18H2,1-8H3/t19-,20+,21-,22+,23+,24?,25+,27-,28-,29-,30+/m1/s1. The molecule has 0 bridgehead atoms. The molecule has 5 rings (SSSR count). The maximum Gasteiger partial charge on any atom is 0.0599 e. The van der Waals surface area contributed by atoms with E-state index in [-0.39, 0.29) is 11.5 Å². The quantitative estimate of drug-likeness (QED) is 0.413. The number of aliphatic hydroxyl groups excluding tert-OH is 1. The molecule has 5 aliphatic rings. The molecule has 0 amide bonds. The highest BCUT2D eigenvalue weighted by molar-refractivity contribution is 5.19. The van der Waals surface area contributed by atoms with Crippen LogP contribution in [-0.2, 0) is 0 Å². The largest absolute Gasteiger partial charge is 0.393 e. The fourth-order valence-electron chi connectivity index (χ4n) is 11.7. The van der Waals surface area contributed by atoms with E-state index in [1.54, 1.807) is 0 Å². The molecule has 1 heteroatoms. The predicted molar refractivity (Wildman–Crippen MR) is 131 cm³/mol. The van der Waals surface area contributed by atoms with Gasteiger partial charge < -0.3 is 5.11 Å². The van der Waals surface area contributed by atoms with Crippen molar-refractivity contribution in [1.82, 2.24) is 0 Å². The summed E-state index contributed by atoms with van der Waals surface area (Å²) in [7, 11) is 0. The van der Waals surface area contributed by atoms with Gasteiger partial charge in [0.25, 0.3) is 0 Å². The second-order valence-corrected chi connectivity index (χ2v) is 15.1. The number of fused-ring (bicyclic) bond motifs is 7. The van der Waals surface area contributed by atoms with Gasteiger partial charge in [-0.3, -0.25) is 0 Å². The summed E-state index contributed by atoms with van der Waals surface area (Å²) in [6.45, 7) is 20.8. The number of rotatable bonds is 0. The van der Waals surface area contributed by atoms with Crippen molar-refractivity contribution in [2.24, 2.45) is 62.6 Å². The second kappa shape index (κ2) is 6.76. The van der Waals surface area contributed by atoms with Gasteiger partial charge in [-0.15, -0.1) is 0 Å². The molecule has 5 aliphatic carbocycles. The smallest absolute Gasteiger partial charge is 0.0599 e. The van der Waals surface area contributed by atoms with Gasteiger partial charge in [0.1, 0.15) is 0 Å². The van der Waals surface area contributed by atoms with Crippen molar-refractivity contribution in [3.63, 3.8) is 0 Å². The van der Waals surface area contributed by atoms with Crippen LogP contribution in [0.25, 0.3) is 0 Å². The van der Waals surface area contributed by atoms with Crippen molar-refractivity contribution in [2.45, 2.75) is 126 Å². The fourth-order valence-corrected chi connectivity index (χ4v) is 11.7. The molecule has 31 heavy (non-hydrogen) atoms. The summed E-state index contributed by atoms with van der Waals surface area (Å²) in [5.74, 6) is 4.93. The third-order valence-corrected chi connectivity index (χ3v) is 13.9. The molecule has 0 heterocycles. The molecule has 0 saturated heterocycles. The van der Waals surface area contributed by atoms with E-state index in [0.29, 0.717) is 33.5 Å². The first kappa shape index (κ1) is 22.7. The van der Waals surface area contributed by atoms with Gasteiger partial charge in [-0.05, 0) is 121 Å².